The Bertz CT molecular complexity index is 1080. The van der Waals surface area contributed by atoms with Crippen molar-refractivity contribution in [3.8, 4) is 0 Å². The summed E-state index contributed by atoms with van der Waals surface area (Å²) >= 11 is 12.4. The second-order valence-corrected chi connectivity index (χ2v) is 10.1. The zero-order valence-corrected chi connectivity index (χ0v) is 19.4. The first kappa shape index (κ1) is 21.9. The lowest BCUT2D eigenvalue weighted by Crippen LogP contribution is -2.39. The van der Waals surface area contributed by atoms with Crippen LogP contribution in [-0.4, -0.2) is 26.9 Å². The molecule has 1 aliphatic rings. The number of hydrogen-bond acceptors (Lipinski definition) is 4. The van der Waals surface area contributed by atoms with Crippen LogP contribution in [0.5, 0.6) is 0 Å². The van der Waals surface area contributed by atoms with Crippen molar-refractivity contribution in [3.05, 3.63) is 46.1 Å². The number of aromatic nitrogens is 3. The molecule has 1 aliphatic carbocycles. The Hall–Kier alpha value is -2.31. The molecule has 0 unspecified atom stereocenters. The highest BCUT2D eigenvalue weighted by molar-refractivity contribution is 6.39. The van der Waals surface area contributed by atoms with Crippen LogP contribution in [0.25, 0.3) is 11.2 Å². The molecule has 6 nitrogen and oxygen atoms in total. The number of para-hydroxylation sites is 1. The first-order valence-corrected chi connectivity index (χ1v) is 11.3. The summed E-state index contributed by atoms with van der Waals surface area (Å²) in [6, 6.07) is 7.22. The number of H-pyrrole nitrogens is 1. The Labute approximate surface area is 192 Å². The summed E-state index contributed by atoms with van der Waals surface area (Å²) in [4.78, 5) is 24.7. The molecule has 31 heavy (non-hydrogen) atoms. The van der Waals surface area contributed by atoms with Gasteiger partial charge in [0, 0.05) is 12.2 Å². The maximum absolute atomic E-state index is 12.8. The van der Waals surface area contributed by atoms with Crippen molar-refractivity contribution < 1.29 is 4.79 Å². The van der Waals surface area contributed by atoms with Crippen molar-refractivity contribution >= 4 is 51.9 Å². The van der Waals surface area contributed by atoms with Gasteiger partial charge in [0.15, 0.2) is 5.65 Å². The normalized spacial score (nSPS) is 19.4. The first-order chi connectivity index (χ1) is 14.7. The maximum Gasteiger partial charge on any atom is 0.253 e. The van der Waals surface area contributed by atoms with Crippen LogP contribution in [0.3, 0.4) is 0 Å². The second-order valence-electron chi connectivity index (χ2n) is 9.29. The van der Waals surface area contributed by atoms with Gasteiger partial charge in [0.2, 0.25) is 5.95 Å². The number of hydrogen-bond donors (Lipinski definition) is 3. The zero-order chi connectivity index (χ0) is 22.2. The molecule has 0 saturated heterocycles. The van der Waals surface area contributed by atoms with Gasteiger partial charge in [-0.15, -0.1) is 0 Å². The van der Waals surface area contributed by atoms with E-state index in [-0.39, 0.29) is 11.9 Å². The summed E-state index contributed by atoms with van der Waals surface area (Å²) in [6.45, 7) is 6.89. The number of nitrogens with one attached hydrogen (secondary N) is 3. The average Bonchev–Trinajstić information content (AvgIpc) is 3.12. The molecule has 164 valence electrons. The average molecular weight is 460 g/mol. The van der Waals surface area contributed by atoms with Crippen molar-refractivity contribution in [2.24, 2.45) is 11.3 Å². The molecule has 2 aromatic heterocycles. The third kappa shape index (κ3) is 4.96. The lowest BCUT2D eigenvalue weighted by Gasteiger charge is -2.37. The molecule has 0 atom stereocenters. The van der Waals surface area contributed by atoms with Gasteiger partial charge in [-0.3, -0.25) is 4.79 Å². The molecule has 0 radical (unpaired) electrons. The Kier molecular flexibility index (Phi) is 6.13. The van der Waals surface area contributed by atoms with Crippen LogP contribution in [0.15, 0.2) is 30.5 Å². The molecule has 8 heteroatoms. The number of nitrogens with zero attached hydrogens (tertiary/aromatic N) is 2. The fraction of sp³-hybridized carbons (Fsp3) is 0.435. The highest BCUT2D eigenvalue weighted by atomic mass is 35.5. The molecule has 1 saturated carbocycles. The highest BCUT2D eigenvalue weighted by Crippen LogP contribution is 2.38. The van der Waals surface area contributed by atoms with E-state index >= 15 is 0 Å². The molecule has 2 heterocycles. The second kappa shape index (κ2) is 8.67. The number of amides is 1. The molecular formula is C23H27Cl2N5O. The SMILES string of the molecule is CC(C)(C)C1CCC(NC(=O)c2cnc3[nH]c(Nc4c(Cl)cccc4Cl)nc3c2)CC1. The van der Waals surface area contributed by atoms with E-state index in [1.54, 1.807) is 30.5 Å². The van der Waals surface area contributed by atoms with Gasteiger partial charge in [-0.05, 0) is 55.2 Å². The van der Waals surface area contributed by atoms with Gasteiger partial charge in [0.05, 0.1) is 21.3 Å². The number of fused-ring (bicyclic) bond motifs is 1. The predicted octanol–water partition coefficient (Wildman–Crippen LogP) is 6.34. The van der Waals surface area contributed by atoms with Crippen LogP contribution < -0.4 is 10.6 Å². The van der Waals surface area contributed by atoms with Gasteiger partial charge >= 0.3 is 0 Å². The Balaban J connectivity index is 1.44. The van der Waals surface area contributed by atoms with Crippen molar-refractivity contribution in [2.45, 2.75) is 52.5 Å². The molecule has 4 rings (SSSR count). The number of carbonyl (C=O) groups excluding carboxylic acids is 1. The number of halogens is 2. The van der Waals surface area contributed by atoms with E-state index < -0.39 is 0 Å². The summed E-state index contributed by atoms with van der Waals surface area (Å²) in [5.41, 5.74) is 2.56. The van der Waals surface area contributed by atoms with E-state index in [2.05, 4.69) is 46.4 Å². The minimum absolute atomic E-state index is 0.111. The Morgan fingerprint density at radius 1 is 1.13 bits per heavy atom. The van der Waals surface area contributed by atoms with Gasteiger partial charge in [-0.2, -0.15) is 0 Å². The summed E-state index contributed by atoms with van der Waals surface area (Å²) in [7, 11) is 0. The van der Waals surface area contributed by atoms with Gasteiger partial charge < -0.3 is 15.6 Å². The van der Waals surface area contributed by atoms with Crippen LogP contribution in [0, 0.1) is 11.3 Å². The standard InChI is InChI=1S/C23H27Cl2N5O/c1-23(2,3)14-7-9-15(10-8-14)27-21(31)13-11-18-20(26-12-13)30-22(28-18)29-19-16(24)5-4-6-17(19)25/h4-6,11-12,14-15H,7-10H2,1-3H3,(H,27,31)(H2,26,28,29,30). The molecule has 0 spiro atoms. The smallest absolute Gasteiger partial charge is 0.253 e. The van der Waals surface area contributed by atoms with Crippen LogP contribution in [-0.2, 0) is 0 Å². The third-order valence-electron chi connectivity index (χ3n) is 6.09. The fourth-order valence-corrected chi connectivity index (χ4v) is 4.68. The van der Waals surface area contributed by atoms with Gasteiger partial charge in [-0.25, -0.2) is 9.97 Å². The molecule has 0 bridgehead atoms. The predicted molar refractivity (Wildman–Crippen MR) is 126 cm³/mol. The number of aromatic amines is 1. The van der Waals surface area contributed by atoms with E-state index in [1.165, 1.54) is 0 Å². The van der Waals surface area contributed by atoms with E-state index in [0.717, 1.165) is 25.7 Å². The molecule has 1 amide bonds. The van der Waals surface area contributed by atoms with E-state index in [0.29, 0.717) is 49.7 Å². The number of benzene rings is 1. The minimum atomic E-state index is -0.111. The quantitative estimate of drug-likeness (QED) is 0.424. The van der Waals surface area contributed by atoms with E-state index in [4.69, 9.17) is 23.2 Å². The lowest BCUT2D eigenvalue weighted by molar-refractivity contribution is 0.0904. The highest BCUT2D eigenvalue weighted by Gasteiger charge is 2.30. The zero-order valence-electron chi connectivity index (χ0n) is 17.9. The van der Waals surface area contributed by atoms with Crippen molar-refractivity contribution in [3.63, 3.8) is 0 Å². The Morgan fingerprint density at radius 2 is 1.81 bits per heavy atom. The summed E-state index contributed by atoms with van der Waals surface area (Å²) in [5, 5.41) is 7.23. The molecule has 3 aromatic rings. The fourth-order valence-electron chi connectivity index (χ4n) is 4.19. The van der Waals surface area contributed by atoms with Gasteiger partial charge in [-0.1, -0.05) is 50.0 Å². The number of anilines is 2. The third-order valence-corrected chi connectivity index (χ3v) is 6.72. The summed E-state index contributed by atoms with van der Waals surface area (Å²) in [5.74, 6) is 1.05. The summed E-state index contributed by atoms with van der Waals surface area (Å²) in [6.07, 6.45) is 5.88. The minimum Gasteiger partial charge on any atom is -0.349 e. The molecule has 1 fully saturated rings. The summed E-state index contributed by atoms with van der Waals surface area (Å²) < 4.78 is 0. The van der Waals surface area contributed by atoms with Gasteiger partial charge in [0.25, 0.3) is 5.91 Å². The Morgan fingerprint density at radius 3 is 2.45 bits per heavy atom. The van der Waals surface area contributed by atoms with E-state index in [9.17, 15) is 4.79 Å². The van der Waals surface area contributed by atoms with Crippen molar-refractivity contribution in [1.29, 1.82) is 0 Å². The van der Waals surface area contributed by atoms with Crippen LogP contribution in [0.4, 0.5) is 11.6 Å². The molecular weight excluding hydrogens is 433 g/mol. The monoisotopic (exact) mass is 459 g/mol. The van der Waals surface area contributed by atoms with E-state index in [1.807, 2.05) is 0 Å². The number of imidazole rings is 1. The number of carbonyl (C=O) groups is 1. The molecule has 1 aromatic carbocycles. The molecule has 0 aliphatic heterocycles. The first-order valence-electron chi connectivity index (χ1n) is 10.6. The van der Waals surface area contributed by atoms with Crippen molar-refractivity contribution in [2.75, 3.05) is 5.32 Å². The molecule has 3 N–H and O–H groups in total. The topological polar surface area (TPSA) is 82.7 Å². The lowest BCUT2D eigenvalue weighted by atomic mass is 9.71. The van der Waals surface area contributed by atoms with Crippen LogP contribution in [0.1, 0.15) is 56.8 Å². The maximum atomic E-state index is 12.8. The number of rotatable bonds is 4. The van der Waals surface area contributed by atoms with Crippen LogP contribution in [0.2, 0.25) is 10.0 Å². The largest absolute Gasteiger partial charge is 0.349 e. The van der Waals surface area contributed by atoms with Crippen LogP contribution >= 0.6 is 23.2 Å². The number of pyridine rings is 1. The van der Waals surface area contributed by atoms with Crippen molar-refractivity contribution in [1.82, 2.24) is 20.3 Å². The van der Waals surface area contributed by atoms with Gasteiger partial charge in [0.1, 0.15) is 5.52 Å².